The second kappa shape index (κ2) is 8.00. The van der Waals surface area contributed by atoms with E-state index in [1.807, 2.05) is 18.2 Å². The van der Waals surface area contributed by atoms with Crippen molar-refractivity contribution in [1.29, 1.82) is 0 Å². The normalized spacial score (nSPS) is 18.8. The number of hydrogen-bond donors (Lipinski definition) is 1. The topological polar surface area (TPSA) is 60.0 Å². The lowest BCUT2D eigenvalue weighted by molar-refractivity contribution is -0.120. The van der Waals surface area contributed by atoms with Crippen LogP contribution in [-0.4, -0.2) is 57.4 Å². The molecule has 0 saturated carbocycles. The lowest BCUT2D eigenvalue weighted by atomic mass is 10.1. The molecule has 0 aromatic heterocycles. The molecule has 1 aromatic carbocycles. The number of hydrogen-bond acceptors (Lipinski definition) is 5. The Morgan fingerprint density at radius 3 is 2.91 bits per heavy atom. The molecule has 1 N–H and O–H groups in total. The largest absolute Gasteiger partial charge is 0.493 e. The Bertz CT molecular complexity index is 507. The van der Waals surface area contributed by atoms with Crippen molar-refractivity contribution in [3.8, 4) is 11.5 Å². The van der Waals surface area contributed by atoms with Crippen molar-refractivity contribution in [3.05, 3.63) is 23.8 Å². The Labute approximate surface area is 131 Å². The van der Waals surface area contributed by atoms with Gasteiger partial charge in [-0.15, -0.1) is 0 Å². The molecule has 2 rings (SSSR count). The summed E-state index contributed by atoms with van der Waals surface area (Å²) in [6, 6.07) is 5.90. The fourth-order valence-electron chi connectivity index (χ4n) is 2.62. The first-order chi connectivity index (χ1) is 10.6. The Hall–Kier alpha value is -1.79. The second-order valence-electron chi connectivity index (χ2n) is 5.32. The quantitative estimate of drug-likeness (QED) is 0.851. The average molecular weight is 308 g/mol. The molecular formula is C16H24N2O4. The predicted molar refractivity (Wildman–Crippen MR) is 83.2 cm³/mol. The molecule has 0 radical (unpaired) electrons. The molecule has 0 spiro atoms. The number of amides is 1. The van der Waals surface area contributed by atoms with Crippen LogP contribution in [0, 0.1) is 0 Å². The van der Waals surface area contributed by atoms with Gasteiger partial charge in [-0.1, -0.05) is 12.1 Å². The minimum atomic E-state index is -0.0322. The first kappa shape index (κ1) is 16.6. The van der Waals surface area contributed by atoms with Gasteiger partial charge in [0, 0.05) is 38.7 Å². The third kappa shape index (κ3) is 4.35. The predicted octanol–water partition coefficient (Wildman–Crippen LogP) is 1.04. The van der Waals surface area contributed by atoms with Gasteiger partial charge in [-0.3, -0.25) is 9.69 Å². The number of carbonyl (C=O) groups is 1. The maximum atomic E-state index is 11.0. The summed E-state index contributed by atoms with van der Waals surface area (Å²) < 4.78 is 16.5. The maximum absolute atomic E-state index is 11.0. The van der Waals surface area contributed by atoms with E-state index in [-0.39, 0.29) is 12.0 Å². The third-order valence-electron chi connectivity index (χ3n) is 3.68. The highest BCUT2D eigenvalue weighted by atomic mass is 16.5. The lowest BCUT2D eigenvalue weighted by Crippen LogP contribution is -2.46. The number of nitrogens with one attached hydrogen (secondary N) is 1. The fourth-order valence-corrected chi connectivity index (χ4v) is 2.62. The van der Waals surface area contributed by atoms with Crippen LogP contribution < -0.4 is 14.8 Å². The van der Waals surface area contributed by atoms with Gasteiger partial charge in [-0.2, -0.15) is 0 Å². The van der Waals surface area contributed by atoms with Crippen molar-refractivity contribution < 1.29 is 19.0 Å². The molecule has 0 unspecified atom stereocenters. The van der Waals surface area contributed by atoms with Crippen molar-refractivity contribution in [3.63, 3.8) is 0 Å². The third-order valence-corrected chi connectivity index (χ3v) is 3.68. The first-order valence-electron chi connectivity index (χ1n) is 7.42. The standard InChI is InChI=1S/C16H24N2O4/c1-12(19)17-9-14-11-18(7-8-22-14)10-13-5-4-6-15(20-2)16(13)21-3/h4-6,14H,7-11H2,1-3H3,(H,17,19)/t14-/m0/s1. The number of rotatable bonds is 6. The van der Waals surface area contributed by atoms with Crippen molar-refractivity contribution in [2.24, 2.45) is 0 Å². The average Bonchev–Trinajstić information content (AvgIpc) is 2.53. The zero-order valence-corrected chi connectivity index (χ0v) is 13.4. The molecule has 1 aliphatic rings. The summed E-state index contributed by atoms with van der Waals surface area (Å²) >= 11 is 0. The van der Waals surface area contributed by atoms with E-state index in [2.05, 4.69) is 10.2 Å². The lowest BCUT2D eigenvalue weighted by Gasteiger charge is -2.33. The molecule has 1 aromatic rings. The molecule has 1 saturated heterocycles. The summed E-state index contributed by atoms with van der Waals surface area (Å²) in [6.45, 7) is 5.12. The van der Waals surface area contributed by atoms with Crippen LogP contribution in [0.3, 0.4) is 0 Å². The van der Waals surface area contributed by atoms with E-state index in [0.29, 0.717) is 13.2 Å². The van der Waals surface area contributed by atoms with Crippen LogP contribution in [0.25, 0.3) is 0 Å². The Balaban J connectivity index is 1.99. The monoisotopic (exact) mass is 308 g/mol. The molecule has 1 fully saturated rings. The SMILES string of the molecule is COc1cccc(CN2CCO[C@@H](CNC(C)=O)C2)c1OC. The number of carbonyl (C=O) groups excluding carboxylic acids is 1. The highest BCUT2D eigenvalue weighted by Gasteiger charge is 2.22. The van der Waals surface area contributed by atoms with E-state index < -0.39 is 0 Å². The zero-order valence-electron chi connectivity index (χ0n) is 13.4. The summed E-state index contributed by atoms with van der Waals surface area (Å²) in [7, 11) is 3.29. The number of morpholine rings is 1. The smallest absolute Gasteiger partial charge is 0.216 e. The minimum Gasteiger partial charge on any atom is -0.493 e. The van der Waals surface area contributed by atoms with Gasteiger partial charge in [0.15, 0.2) is 11.5 Å². The van der Waals surface area contributed by atoms with Gasteiger partial charge in [-0.25, -0.2) is 0 Å². The van der Waals surface area contributed by atoms with Crippen LogP contribution in [0.15, 0.2) is 18.2 Å². The van der Waals surface area contributed by atoms with E-state index in [9.17, 15) is 4.79 Å². The second-order valence-corrected chi connectivity index (χ2v) is 5.32. The molecule has 1 amide bonds. The number of ether oxygens (including phenoxy) is 3. The van der Waals surface area contributed by atoms with Crippen molar-refractivity contribution in [2.45, 2.75) is 19.6 Å². The van der Waals surface area contributed by atoms with Crippen LogP contribution >= 0.6 is 0 Å². The van der Waals surface area contributed by atoms with Gasteiger partial charge in [0.05, 0.1) is 26.9 Å². The fraction of sp³-hybridized carbons (Fsp3) is 0.562. The van der Waals surface area contributed by atoms with Gasteiger partial charge in [-0.05, 0) is 6.07 Å². The Morgan fingerprint density at radius 1 is 1.41 bits per heavy atom. The van der Waals surface area contributed by atoms with E-state index in [1.165, 1.54) is 6.92 Å². The van der Waals surface area contributed by atoms with Gasteiger partial charge in [0.2, 0.25) is 5.91 Å². The van der Waals surface area contributed by atoms with Crippen LogP contribution in [0.4, 0.5) is 0 Å². The molecule has 0 bridgehead atoms. The number of nitrogens with zero attached hydrogens (tertiary/aromatic N) is 1. The maximum Gasteiger partial charge on any atom is 0.216 e. The summed E-state index contributed by atoms with van der Waals surface area (Å²) in [5.41, 5.74) is 1.09. The van der Waals surface area contributed by atoms with E-state index in [1.54, 1.807) is 14.2 Å². The van der Waals surface area contributed by atoms with E-state index in [0.717, 1.165) is 36.7 Å². The molecular weight excluding hydrogens is 284 g/mol. The van der Waals surface area contributed by atoms with Crippen molar-refractivity contribution in [2.75, 3.05) is 40.5 Å². The van der Waals surface area contributed by atoms with Crippen molar-refractivity contribution in [1.82, 2.24) is 10.2 Å². The summed E-state index contributed by atoms with van der Waals surface area (Å²) in [4.78, 5) is 13.3. The Kier molecular flexibility index (Phi) is 6.03. The summed E-state index contributed by atoms with van der Waals surface area (Å²) in [6.07, 6.45) is 0.0225. The van der Waals surface area contributed by atoms with Crippen LogP contribution in [0.2, 0.25) is 0 Å². The van der Waals surface area contributed by atoms with Gasteiger partial charge >= 0.3 is 0 Å². The Morgan fingerprint density at radius 2 is 2.23 bits per heavy atom. The molecule has 0 aliphatic carbocycles. The summed E-state index contributed by atoms with van der Waals surface area (Å²) in [5.74, 6) is 1.48. The number of para-hydroxylation sites is 1. The molecule has 6 nitrogen and oxygen atoms in total. The minimum absolute atomic E-state index is 0.0225. The van der Waals surface area contributed by atoms with Crippen LogP contribution in [0.1, 0.15) is 12.5 Å². The van der Waals surface area contributed by atoms with Crippen LogP contribution in [0.5, 0.6) is 11.5 Å². The zero-order chi connectivity index (χ0) is 15.9. The van der Waals surface area contributed by atoms with Gasteiger partial charge in [0.25, 0.3) is 0 Å². The van der Waals surface area contributed by atoms with Gasteiger partial charge in [0.1, 0.15) is 0 Å². The first-order valence-corrected chi connectivity index (χ1v) is 7.42. The molecule has 122 valence electrons. The molecule has 6 heteroatoms. The number of benzene rings is 1. The molecule has 22 heavy (non-hydrogen) atoms. The van der Waals surface area contributed by atoms with E-state index in [4.69, 9.17) is 14.2 Å². The van der Waals surface area contributed by atoms with E-state index >= 15 is 0 Å². The highest BCUT2D eigenvalue weighted by molar-refractivity contribution is 5.72. The van der Waals surface area contributed by atoms with Crippen LogP contribution in [-0.2, 0) is 16.1 Å². The molecule has 1 atom stereocenters. The number of methoxy groups -OCH3 is 2. The van der Waals surface area contributed by atoms with Gasteiger partial charge < -0.3 is 19.5 Å². The molecule has 1 heterocycles. The summed E-state index contributed by atoms with van der Waals surface area (Å²) in [5, 5.41) is 2.81. The van der Waals surface area contributed by atoms with Crippen molar-refractivity contribution >= 4 is 5.91 Å². The molecule has 1 aliphatic heterocycles. The highest BCUT2D eigenvalue weighted by Crippen LogP contribution is 2.31.